The predicted octanol–water partition coefficient (Wildman–Crippen LogP) is 6.36. The molecular formula is C20H34BCl. The molecule has 0 saturated heterocycles. The minimum absolute atomic E-state index is 0.438. The third-order valence-electron chi connectivity index (χ3n) is 9.64. The molecule has 0 amide bonds. The Kier molecular flexibility index (Phi) is 3.39. The van der Waals surface area contributed by atoms with Crippen molar-refractivity contribution in [3.63, 3.8) is 0 Å². The molecule has 0 radical (unpaired) electrons. The van der Waals surface area contributed by atoms with Crippen LogP contribution in [0.4, 0.5) is 0 Å². The maximum Gasteiger partial charge on any atom is 0.257 e. The molecule has 8 atom stereocenters. The van der Waals surface area contributed by atoms with Gasteiger partial charge in [0.15, 0.2) is 0 Å². The first kappa shape index (κ1) is 15.9. The Labute approximate surface area is 143 Å². The van der Waals surface area contributed by atoms with Gasteiger partial charge in [0.05, 0.1) is 0 Å². The van der Waals surface area contributed by atoms with Crippen LogP contribution in [-0.4, -0.2) is 6.13 Å². The molecule has 124 valence electrons. The van der Waals surface area contributed by atoms with Crippen LogP contribution in [0, 0.1) is 46.3 Å². The van der Waals surface area contributed by atoms with E-state index in [2.05, 4.69) is 41.5 Å². The highest BCUT2D eigenvalue weighted by molar-refractivity contribution is 7.08. The van der Waals surface area contributed by atoms with Crippen LogP contribution in [0.15, 0.2) is 0 Å². The molecule has 0 aliphatic heterocycles. The quantitative estimate of drug-likeness (QED) is 0.519. The average molecular weight is 321 g/mol. The van der Waals surface area contributed by atoms with Crippen molar-refractivity contribution < 1.29 is 0 Å². The van der Waals surface area contributed by atoms with Gasteiger partial charge < -0.3 is 0 Å². The molecule has 0 aromatic rings. The monoisotopic (exact) mass is 320 g/mol. The first-order chi connectivity index (χ1) is 10.2. The molecule has 0 N–H and O–H groups in total. The lowest BCUT2D eigenvalue weighted by Gasteiger charge is -2.65. The number of fused-ring (bicyclic) bond motifs is 4. The van der Waals surface area contributed by atoms with E-state index < -0.39 is 0 Å². The van der Waals surface area contributed by atoms with Crippen molar-refractivity contribution in [3.8, 4) is 0 Å². The maximum absolute atomic E-state index is 7.19. The number of hydrogen-bond acceptors (Lipinski definition) is 0. The number of rotatable bonds is 2. The smallest absolute Gasteiger partial charge is 0.195 e. The van der Waals surface area contributed by atoms with Crippen molar-refractivity contribution in [1.82, 2.24) is 0 Å². The number of hydrogen-bond donors (Lipinski definition) is 0. The van der Waals surface area contributed by atoms with E-state index in [0.29, 0.717) is 17.0 Å². The third-order valence-corrected chi connectivity index (χ3v) is 10.3. The molecule has 0 heterocycles. The van der Waals surface area contributed by atoms with Gasteiger partial charge in [-0.25, -0.2) is 0 Å². The molecule has 0 nitrogen and oxygen atoms in total. The van der Waals surface area contributed by atoms with Crippen molar-refractivity contribution in [1.29, 1.82) is 0 Å². The van der Waals surface area contributed by atoms with Gasteiger partial charge in [-0.05, 0) is 70.8 Å². The van der Waals surface area contributed by atoms with Gasteiger partial charge in [-0.1, -0.05) is 54.4 Å². The van der Waals surface area contributed by atoms with E-state index in [0.717, 1.165) is 47.1 Å². The van der Waals surface area contributed by atoms with Gasteiger partial charge in [-0.15, -0.1) is 0 Å². The summed E-state index contributed by atoms with van der Waals surface area (Å²) in [5, 5.41) is 0. The van der Waals surface area contributed by atoms with Gasteiger partial charge in [-0.3, -0.25) is 0 Å². The number of halogens is 1. The van der Waals surface area contributed by atoms with Crippen LogP contribution in [0.2, 0.25) is 11.6 Å². The highest BCUT2D eigenvalue weighted by Crippen LogP contribution is 2.69. The Morgan fingerprint density at radius 1 is 0.727 bits per heavy atom. The summed E-state index contributed by atoms with van der Waals surface area (Å²) < 4.78 is 0. The van der Waals surface area contributed by atoms with Crippen LogP contribution in [0.5, 0.6) is 0 Å². The average Bonchev–Trinajstić information content (AvgIpc) is 2.45. The molecule has 6 aliphatic rings. The van der Waals surface area contributed by atoms with Crippen molar-refractivity contribution in [2.75, 3.05) is 0 Å². The minimum Gasteiger partial charge on any atom is -0.195 e. The van der Waals surface area contributed by atoms with Gasteiger partial charge in [0.25, 0.3) is 6.13 Å². The van der Waals surface area contributed by atoms with Crippen molar-refractivity contribution in [3.05, 3.63) is 0 Å². The lowest BCUT2D eigenvalue weighted by molar-refractivity contribution is -0.106. The summed E-state index contributed by atoms with van der Waals surface area (Å²) in [7, 11) is 0. The second-order valence-corrected chi connectivity index (χ2v) is 11.2. The second kappa shape index (κ2) is 4.71. The van der Waals surface area contributed by atoms with E-state index in [-0.39, 0.29) is 0 Å². The summed E-state index contributed by atoms with van der Waals surface area (Å²) >= 11 is 7.19. The Balaban J connectivity index is 1.49. The molecule has 0 aromatic heterocycles. The topological polar surface area (TPSA) is 0 Å². The molecular weight excluding hydrogens is 286 g/mol. The van der Waals surface area contributed by atoms with Gasteiger partial charge in [0.2, 0.25) is 0 Å². The van der Waals surface area contributed by atoms with E-state index in [4.69, 9.17) is 11.5 Å². The van der Waals surface area contributed by atoms with E-state index in [1.54, 1.807) is 0 Å². The Bertz CT molecular complexity index is 428. The van der Waals surface area contributed by atoms with Crippen molar-refractivity contribution in [2.24, 2.45) is 46.3 Å². The van der Waals surface area contributed by atoms with Gasteiger partial charge in [0.1, 0.15) is 0 Å². The highest BCUT2D eigenvalue weighted by atomic mass is 35.5. The zero-order chi connectivity index (χ0) is 16.0. The molecule has 6 rings (SSSR count). The largest absolute Gasteiger partial charge is 0.257 e. The lowest BCUT2D eigenvalue weighted by atomic mass is 9.30. The first-order valence-electron chi connectivity index (χ1n) is 9.79. The normalized spacial score (nSPS) is 54.1. The zero-order valence-corrected chi connectivity index (χ0v) is 16.2. The maximum atomic E-state index is 7.19. The molecule has 4 bridgehead atoms. The van der Waals surface area contributed by atoms with Crippen LogP contribution in [-0.2, 0) is 0 Å². The zero-order valence-electron chi connectivity index (χ0n) is 15.4. The fourth-order valence-electron chi connectivity index (χ4n) is 7.54. The molecule has 0 aromatic carbocycles. The van der Waals surface area contributed by atoms with E-state index in [1.165, 1.54) is 25.7 Å². The molecule has 0 spiro atoms. The molecule has 22 heavy (non-hydrogen) atoms. The van der Waals surface area contributed by atoms with Crippen molar-refractivity contribution in [2.45, 2.75) is 78.9 Å². The predicted molar refractivity (Wildman–Crippen MR) is 97.4 cm³/mol. The fourth-order valence-corrected chi connectivity index (χ4v) is 8.20. The SMILES string of the molecule is C[C@@H]1[C@H]2C[C@H](C[C@H]1B(Cl)[C@@H]1C[C@@H]3C[C@H]([C@H]1C)C3(C)C)C2(C)C. The summed E-state index contributed by atoms with van der Waals surface area (Å²) in [5.41, 5.74) is 1.18. The fraction of sp³-hybridized carbons (Fsp3) is 1.00. The van der Waals surface area contributed by atoms with Crippen LogP contribution in [0.3, 0.4) is 0 Å². The Hall–Kier alpha value is 0.355. The second-order valence-electron chi connectivity index (χ2n) is 10.7. The lowest BCUT2D eigenvalue weighted by Crippen LogP contribution is -2.58. The molecule has 6 saturated carbocycles. The molecule has 2 heteroatoms. The molecule has 0 unspecified atom stereocenters. The van der Waals surface area contributed by atoms with Crippen LogP contribution < -0.4 is 0 Å². The summed E-state index contributed by atoms with van der Waals surface area (Å²) in [6.45, 7) is 15.0. The molecule has 6 fully saturated rings. The van der Waals surface area contributed by atoms with Crippen LogP contribution >= 0.6 is 11.5 Å². The van der Waals surface area contributed by atoms with E-state index >= 15 is 0 Å². The van der Waals surface area contributed by atoms with Gasteiger partial charge >= 0.3 is 0 Å². The summed E-state index contributed by atoms with van der Waals surface area (Å²) in [6.07, 6.45) is 6.20. The van der Waals surface area contributed by atoms with Gasteiger partial charge in [0, 0.05) is 0 Å². The van der Waals surface area contributed by atoms with E-state index in [1.807, 2.05) is 0 Å². The third kappa shape index (κ3) is 1.84. The van der Waals surface area contributed by atoms with Crippen LogP contribution in [0.1, 0.15) is 67.2 Å². The standard InChI is InChI=1S/C20H34BCl/c1-11-15-7-13(19(15,3)4)9-17(11)21(22)18-10-14-8-16(12(18)2)20(14,5)6/h11-18H,7-10H2,1-6H3/t11-,12-,13-,14+,15-,16-,17-,18-/m1/s1. The van der Waals surface area contributed by atoms with E-state index in [9.17, 15) is 0 Å². The summed E-state index contributed by atoms with van der Waals surface area (Å²) in [5.74, 6) is 7.00. The van der Waals surface area contributed by atoms with Crippen molar-refractivity contribution >= 4 is 17.6 Å². The van der Waals surface area contributed by atoms with Gasteiger partial charge in [-0.2, -0.15) is 11.5 Å². The Morgan fingerprint density at radius 2 is 1.09 bits per heavy atom. The summed E-state index contributed by atoms with van der Waals surface area (Å²) in [4.78, 5) is 0. The van der Waals surface area contributed by atoms with Crippen LogP contribution in [0.25, 0.3) is 0 Å². The summed E-state index contributed by atoms with van der Waals surface area (Å²) in [6, 6.07) is 0. The Morgan fingerprint density at radius 3 is 1.36 bits per heavy atom. The highest BCUT2D eigenvalue weighted by Gasteiger charge is 2.62. The molecule has 6 aliphatic carbocycles. The first-order valence-corrected chi connectivity index (χ1v) is 10.2. The minimum atomic E-state index is 0.438.